The smallest absolute Gasteiger partial charge is 0.268 e. The number of phenolic OH excluding ortho intramolecular Hbond substituents is 1. The molecular weight excluding hydrogens is 354 g/mol. The summed E-state index contributed by atoms with van der Waals surface area (Å²) in [6, 6.07) is 8.07. The molecule has 0 unspecified atom stereocenters. The van der Waals surface area contributed by atoms with E-state index in [1.165, 1.54) is 34.3 Å². The van der Waals surface area contributed by atoms with E-state index in [0.717, 1.165) is 0 Å². The van der Waals surface area contributed by atoms with E-state index in [1.807, 2.05) is 6.92 Å². The maximum Gasteiger partial charge on any atom is 0.268 e. The monoisotopic (exact) mass is 371 g/mol. The lowest BCUT2D eigenvalue weighted by Crippen LogP contribution is -2.29. The molecule has 3 rings (SSSR count). The number of nitrogens with zero attached hydrogens (tertiary/aromatic N) is 1. The molecule has 0 aliphatic heterocycles. The Labute approximate surface area is 152 Å². The maximum absolute atomic E-state index is 12.4. The number of ketones is 1. The molecule has 134 valence electrons. The molecule has 1 aromatic carbocycles. The molecule has 0 saturated heterocycles. The summed E-state index contributed by atoms with van der Waals surface area (Å²) in [6.45, 7) is 2.24. The van der Waals surface area contributed by atoms with Gasteiger partial charge in [0.25, 0.3) is 5.56 Å². The molecule has 2 aromatic heterocycles. The van der Waals surface area contributed by atoms with Gasteiger partial charge in [0, 0.05) is 13.1 Å². The second kappa shape index (κ2) is 7.45. The zero-order valence-corrected chi connectivity index (χ0v) is 15.1. The number of hydrogen-bond acceptors (Lipinski definition) is 6. The third kappa shape index (κ3) is 3.62. The molecule has 0 saturated carbocycles. The van der Waals surface area contributed by atoms with Crippen molar-refractivity contribution in [2.45, 2.75) is 6.92 Å². The second-order valence-corrected chi connectivity index (χ2v) is 6.52. The van der Waals surface area contributed by atoms with Gasteiger partial charge in [-0.3, -0.25) is 9.59 Å². The van der Waals surface area contributed by atoms with E-state index in [1.54, 1.807) is 37.4 Å². The van der Waals surface area contributed by atoms with Gasteiger partial charge in [0.1, 0.15) is 4.66 Å². The fraction of sp³-hybridized carbons (Fsp3) is 0.158. The summed E-state index contributed by atoms with van der Waals surface area (Å²) in [7, 11) is 1.61. The van der Waals surface area contributed by atoms with Crippen LogP contribution in [0.3, 0.4) is 0 Å². The van der Waals surface area contributed by atoms with Crippen LogP contribution >= 0.6 is 11.3 Å². The van der Waals surface area contributed by atoms with E-state index in [9.17, 15) is 14.7 Å². The molecule has 0 aliphatic carbocycles. The summed E-state index contributed by atoms with van der Waals surface area (Å²) >= 11 is 1.20. The van der Waals surface area contributed by atoms with E-state index >= 15 is 0 Å². The first-order chi connectivity index (χ1) is 12.5. The summed E-state index contributed by atoms with van der Waals surface area (Å²) < 4.78 is 12.8. The number of hydrogen-bond donors (Lipinski definition) is 1. The van der Waals surface area contributed by atoms with Gasteiger partial charge in [0.05, 0.1) is 17.4 Å². The quantitative estimate of drug-likeness (QED) is 0.690. The zero-order chi connectivity index (χ0) is 18.7. The second-order valence-electron chi connectivity index (χ2n) is 5.46. The standard InChI is InChI=1S/C19H17NO5S/c1-3-24-16-9-12(6-7-13(16)21)10-17-19(23)20(2)18(26-17)11-14(22)15-5-4-8-25-15/h4-11,21H,3H2,1-2H3/b17-10-,18-11-. The predicted molar refractivity (Wildman–Crippen MR) is 99.2 cm³/mol. The molecule has 1 N–H and O–H groups in total. The van der Waals surface area contributed by atoms with E-state index in [4.69, 9.17) is 9.15 Å². The number of aromatic hydroxyl groups is 1. The Morgan fingerprint density at radius 1 is 1.38 bits per heavy atom. The van der Waals surface area contributed by atoms with Crippen LogP contribution in [-0.4, -0.2) is 22.1 Å². The SMILES string of the molecule is CCOc1cc(/C=c2\s/c(=C\C(=O)c3ccco3)n(C)c2=O)ccc1O. The first kappa shape index (κ1) is 17.8. The van der Waals surface area contributed by atoms with E-state index in [-0.39, 0.29) is 22.9 Å². The highest BCUT2D eigenvalue weighted by Crippen LogP contribution is 2.26. The van der Waals surface area contributed by atoms with Gasteiger partial charge in [-0.15, -0.1) is 11.3 Å². The number of ether oxygens (including phenoxy) is 1. The van der Waals surface area contributed by atoms with Gasteiger partial charge in [-0.25, -0.2) is 0 Å². The van der Waals surface area contributed by atoms with Crippen molar-refractivity contribution < 1.29 is 19.1 Å². The molecule has 26 heavy (non-hydrogen) atoms. The van der Waals surface area contributed by atoms with Gasteiger partial charge >= 0.3 is 0 Å². The van der Waals surface area contributed by atoms with E-state index in [2.05, 4.69) is 0 Å². The highest BCUT2D eigenvalue weighted by molar-refractivity contribution is 7.07. The highest BCUT2D eigenvalue weighted by Gasteiger charge is 2.08. The summed E-state index contributed by atoms with van der Waals surface area (Å²) in [5.41, 5.74) is 0.508. The molecule has 3 aromatic rings. The molecule has 0 radical (unpaired) electrons. The average molecular weight is 371 g/mol. The number of aromatic nitrogens is 1. The zero-order valence-electron chi connectivity index (χ0n) is 14.3. The average Bonchev–Trinajstić information content (AvgIpc) is 3.24. The van der Waals surface area contributed by atoms with Gasteiger partial charge in [0.15, 0.2) is 17.3 Å². The van der Waals surface area contributed by atoms with Crippen molar-refractivity contribution in [1.29, 1.82) is 0 Å². The molecule has 6 nitrogen and oxygen atoms in total. The Balaban J connectivity index is 2.05. The molecule has 0 bridgehead atoms. The minimum Gasteiger partial charge on any atom is -0.504 e. The number of carbonyl (C=O) groups excluding carboxylic acids is 1. The first-order valence-electron chi connectivity index (χ1n) is 7.92. The normalized spacial score (nSPS) is 12.5. The Hall–Kier alpha value is -3.06. The lowest BCUT2D eigenvalue weighted by atomic mass is 10.2. The van der Waals surface area contributed by atoms with Crippen LogP contribution in [0, 0.1) is 0 Å². The van der Waals surface area contributed by atoms with Crippen LogP contribution in [0.25, 0.3) is 12.2 Å². The molecule has 0 amide bonds. The van der Waals surface area contributed by atoms with Crippen molar-refractivity contribution in [2.75, 3.05) is 6.61 Å². The number of phenols is 1. The van der Waals surface area contributed by atoms with Gasteiger partial charge in [-0.1, -0.05) is 6.07 Å². The molecule has 0 fully saturated rings. The van der Waals surface area contributed by atoms with Gasteiger partial charge in [-0.05, 0) is 42.8 Å². The molecule has 0 aliphatic rings. The number of Topliss-reactive ketones (excluding diaryl/α,β-unsaturated/α-hetero) is 1. The largest absolute Gasteiger partial charge is 0.504 e. The number of rotatable bonds is 5. The Morgan fingerprint density at radius 2 is 2.19 bits per heavy atom. The number of benzene rings is 1. The Morgan fingerprint density at radius 3 is 2.88 bits per heavy atom. The Kier molecular flexibility index (Phi) is 5.09. The van der Waals surface area contributed by atoms with Crippen LogP contribution in [0.2, 0.25) is 0 Å². The van der Waals surface area contributed by atoms with Crippen LogP contribution in [0.5, 0.6) is 11.5 Å². The number of carbonyl (C=O) groups is 1. The number of furan rings is 1. The van der Waals surface area contributed by atoms with Gasteiger partial charge in [-0.2, -0.15) is 0 Å². The molecule has 7 heteroatoms. The molecular formula is C19H17NO5S. The van der Waals surface area contributed by atoms with Gasteiger partial charge in [0.2, 0.25) is 5.78 Å². The third-order valence-electron chi connectivity index (χ3n) is 3.66. The van der Waals surface area contributed by atoms with Crippen molar-refractivity contribution in [3.63, 3.8) is 0 Å². The first-order valence-corrected chi connectivity index (χ1v) is 8.74. The highest BCUT2D eigenvalue weighted by atomic mass is 32.1. The van der Waals surface area contributed by atoms with Crippen LogP contribution in [0.1, 0.15) is 23.0 Å². The number of thiazole rings is 1. The fourth-order valence-corrected chi connectivity index (χ4v) is 3.38. The molecule has 2 heterocycles. The minimum atomic E-state index is -0.304. The fourth-order valence-electron chi connectivity index (χ4n) is 2.35. The summed E-state index contributed by atoms with van der Waals surface area (Å²) in [6.07, 6.45) is 4.50. The Bertz CT molecular complexity index is 1110. The van der Waals surface area contributed by atoms with E-state index < -0.39 is 0 Å². The van der Waals surface area contributed by atoms with Crippen molar-refractivity contribution in [1.82, 2.24) is 4.57 Å². The van der Waals surface area contributed by atoms with Crippen molar-refractivity contribution in [2.24, 2.45) is 7.05 Å². The van der Waals surface area contributed by atoms with Crippen molar-refractivity contribution >= 4 is 29.3 Å². The molecule has 0 spiro atoms. The maximum atomic E-state index is 12.4. The summed E-state index contributed by atoms with van der Waals surface area (Å²) in [5.74, 6) is 0.313. The summed E-state index contributed by atoms with van der Waals surface area (Å²) in [5, 5.41) is 9.77. The van der Waals surface area contributed by atoms with E-state index in [0.29, 0.717) is 27.1 Å². The lowest BCUT2D eigenvalue weighted by molar-refractivity contribution is 0.103. The van der Waals surface area contributed by atoms with Crippen LogP contribution in [0.4, 0.5) is 0 Å². The van der Waals surface area contributed by atoms with Crippen LogP contribution in [0.15, 0.2) is 45.8 Å². The predicted octanol–water partition coefficient (Wildman–Crippen LogP) is 1.64. The minimum absolute atomic E-state index is 0.0427. The molecule has 0 atom stereocenters. The van der Waals surface area contributed by atoms with Crippen LogP contribution < -0.4 is 19.5 Å². The van der Waals surface area contributed by atoms with Crippen LogP contribution in [-0.2, 0) is 7.05 Å². The summed E-state index contributed by atoms with van der Waals surface area (Å²) in [4.78, 5) is 24.6. The topological polar surface area (TPSA) is 81.7 Å². The van der Waals surface area contributed by atoms with Crippen molar-refractivity contribution in [3.05, 3.63) is 67.5 Å². The van der Waals surface area contributed by atoms with Crippen molar-refractivity contribution in [3.8, 4) is 11.5 Å². The van der Waals surface area contributed by atoms with Gasteiger partial charge < -0.3 is 18.8 Å². The third-order valence-corrected chi connectivity index (χ3v) is 4.77. The lowest BCUT2D eigenvalue weighted by Gasteiger charge is -2.05.